The van der Waals surface area contributed by atoms with Crippen molar-refractivity contribution in [1.29, 1.82) is 5.26 Å². The third-order valence-corrected chi connectivity index (χ3v) is 3.99. The number of nitriles is 1. The summed E-state index contributed by atoms with van der Waals surface area (Å²) < 4.78 is 1.98. The fourth-order valence-corrected chi connectivity index (χ4v) is 2.33. The van der Waals surface area contributed by atoms with E-state index >= 15 is 0 Å². The fourth-order valence-electron chi connectivity index (χ4n) is 1.61. The average molecular weight is 366 g/mol. The zero-order chi connectivity index (χ0) is 13.1. The molecule has 2 rings (SSSR count). The molecule has 2 nitrogen and oxygen atoms in total. The van der Waals surface area contributed by atoms with Crippen LogP contribution < -0.4 is 5.32 Å². The molecule has 0 atom stereocenters. The van der Waals surface area contributed by atoms with E-state index in [1.807, 2.05) is 37.3 Å². The Bertz CT molecular complexity index is 630. The number of halogens is 2. The molecule has 0 amide bonds. The lowest BCUT2D eigenvalue weighted by Crippen LogP contribution is -1.96. The maximum absolute atomic E-state index is 9.10. The van der Waals surface area contributed by atoms with Gasteiger partial charge in [-0.3, -0.25) is 0 Å². The van der Waals surface area contributed by atoms with Crippen LogP contribution in [-0.2, 0) is 0 Å². The van der Waals surface area contributed by atoms with Crippen molar-refractivity contribution < 1.29 is 0 Å². The number of nitrogens with zero attached hydrogens (tertiary/aromatic N) is 1. The van der Waals surface area contributed by atoms with Gasteiger partial charge in [0.15, 0.2) is 0 Å². The van der Waals surface area contributed by atoms with E-state index in [1.165, 1.54) is 0 Å². The lowest BCUT2D eigenvalue weighted by Gasteiger charge is -2.12. The Morgan fingerprint density at radius 3 is 2.61 bits per heavy atom. The molecular formula is C14H10Br2N2. The van der Waals surface area contributed by atoms with Gasteiger partial charge in [-0.1, -0.05) is 37.9 Å². The first kappa shape index (κ1) is 13.1. The quantitative estimate of drug-likeness (QED) is 0.800. The van der Waals surface area contributed by atoms with Crippen LogP contribution in [0.5, 0.6) is 0 Å². The number of nitrogens with one attached hydrogen (secondary N) is 1. The highest BCUT2D eigenvalue weighted by Gasteiger charge is 2.06. The third kappa shape index (κ3) is 2.74. The van der Waals surface area contributed by atoms with E-state index < -0.39 is 0 Å². The third-order valence-electron chi connectivity index (χ3n) is 2.64. The Morgan fingerprint density at radius 2 is 1.89 bits per heavy atom. The molecule has 1 N–H and O–H groups in total. The van der Waals surface area contributed by atoms with Crippen molar-refractivity contribution in [3.8, 4) is 6.07 Å². The van der Waals surface area contributed by atoms with Crippen molar-refractivity contribution in [2.75, 3.05) is 5.32 Å². The molecule has 0 saturated heterocycles. The topological polar surface area (TPSA) is 35.8 Å². The predicted octanol–water partition coefficient (Wildman–Crippen LogP) is 5.14. The Labute approximate surface area is 123 Å². The van der Waals surface area contributed by atoms with Crippen LogP contribution in [0.25, 0.3) is 0 Å². The summed E-state index contributed by atoms with van der Waals surface area (Å²) in [5, 5.41) is 12.4. The lowest BCUT2D eigenvalue weighted by molar-refractivity contribution is 1.39. The van der Waals surface area contributed by atoms with Gasteiger partial charge in [-0.15, -0.1) is 0 Å². The summed E-state index contributed by atoms with van der Waals surface area (Å²) in [6.07, 6.45) is 0. The van der Waals surface area contributed by atoms with Crippen LogP contribution in [-0.4, -0.2) is 0 Å². The van der Waals surface area contributed by atoms with Gasteiger partial charge in [-0.2, -0.15) is 5.26 Å². The Morgan fingerprint density at radius 1 is 1.11 bits per heavy atom. The maximum Gasteiger partial charge on any atom is 0.101 e. The second kappa shape index (κ2) is 5.55. The van der Waals surface area contributed by atoms with Crippen molar-refractivity contribution in [2.24, 2.45) is 0 Å². The van der Waals surface area contributed by atoms with Crippen LogP contribution in [0.3, 0.4) is 0 Å². The highest BCUT2D eigenvalue weighted by Crippen LogP contribution is 2.29. The lowest BCUT2D eigenvalue weighted by atomic mass is 10.1. The van der Waals surface area contributed by atoms with E-state index in [9.17, 15) is 0 Å². The second-order valence-corrected chi connectivity index (χ2v) is 5.61. The van der Waals surface area contributed by atoms with Gasteiger partial charge in [0.2, 0.25) is 0 Å². The van der Waals surface area contributed by atoms with Crippen molar-refractivity contribution in [1.82, 2.24) is 0 Å². The minimum Gasteiger partial charge on any atom is -0.354 e. The molecular weight excluding hydrogens is 356 g/mol. The minimum atomic E-state index is 0.623. The van der Waals surface area contributed by atoms with Crippen LogP contribution in [0.4, 0.5) is 11.4 Å². The molecule has 0 heterocycles. The van der Waals surface area contributed by atoms with Crippen LogP contribution in [0.15, 0.2) is 45.3 Å². The molecule has 4 heteroatoms. The Kier molecular flexibility index (Phi) is 4.05. The standard InChI is InChI=1S/C14H10Br2N2/c1-9-12(16)3-2-4-13(9)18-14-7-11(15)6-5-10(14)8-17/h2-7,18H,1H3. The molecule has 0 bridgehead atoms. The van der Waals surface area contributed by atoms with Crippen LogP contribution >= 0.6 is 31.9 Å². The van der Waals surface area contributed by atoms with Gasteiger partial charge in [0.1, 0.15) is 6.07 Å². The summed E-state index contributed by atoms with van der Waals surface area (Å²) in [5.74, 6) is 0. The van der Waals surface area contributed by atoms with Crippen LogP contribution in [0.1, 0.15) is 11.1 Å². The largest absolute Gasteiger partial charge is 0.354 e. The van der Waals surface area contributed by atoms with E-state index in [0.29, 0.717) is 5.56 Å². The number of hydrogen-bond donors (Lipinski definition) is 1. The summed E-state index contributed by atoms with van der Waals surface area (Å²) in [6, 6.07) is 13.7. The predicted molar refractivity (Wildman–Crippen MR) is 81.0 cm³/mol. The molecule has 0 aliphatic carbocycles. The molecule has 90 valence electrons. The summed E-state index contributed by atoms with van der Waals surface area (Å²) in [6.45, 7) is 2.02. The van der Waals surface area contributed by atoms with Crippen LogP contribution in [0, 0.1) is 18.3 Å². The van der Waals surface area contributed by atoms with Gasteiger partial charge < -0.3 is 5.32 Å². The van der Waals surface area contributed by atoms with Gasteiger partial charge in [-0.25, -0.2) is 0 Å². The first-order chi connectivity index (χ1) is 8.61. The maximum atomic E-state index is 9.10. The monoisotopic (exact) mass is 364 g/mol. The van der Waals surface area contributed by atoms with Crippen LogP contribution in [0.2, 0.25) is 0 Å². The summed E-state index contributed by atoms with van der Waals surface area (Å²) in [5.41, 5.74) is 3.52. The zero-order valence-corrected chi connectivity index (χ0v) is 12.8. The molecule has 0 spiro atoms. The number of anilines is 2. The van der Waals surface area contributed by atoms with Gasteiger partial charge in [0.05, 0.1) is 11.3 Å². The van der Waals surface area contributed by atoms with Crippen molar-refractivity contribution in [2.45, 2.75) is 6.92 Å². The molecule has 0 unspecified atom stereocenters. The smallest absolute Gasteiger partial charge is 0.101 e. The van der Waals surface area contributed by atoms with Gasteiger partial charge in [-0.05, 0) is 42.8 Å². The summed E-state index contributed by atoms with van der Waals surface area (Å²) in [7, 11) is 0. The van der Waals surface area contributed by atoms with E-state index in [2.05, 4.69) is 43.2 Å². The Hall–Kier alpha value is -1.31. The highest BCUT2D eigenvalue weighted by atomic mass is 79.9. The number of hydrogen-bond acceptors (Lipinski definition) is 2. The molecule has 18 heavy (non-hydrogen) atoms. The molecule has 0 fully saturated rings. The molecule has 2 aromatic carbocycles. The highest BCUT2D eigenvalue weighted by molar-refractivity contribution is 9.10. The molecule has 2 aromatic rings. The minimum absolute atomic E-state index is 0.623. The molecule has 0 aliphatic heterocycles. The van der Waals surface area contributed by atoms with Gasteiger partial charge in [0.25, 0.3) is 0 Å². The second-order valence-electron chi connectivity index (χ2n) is 3.84. The zero-order valence-electron chi connectivity index (χ0n) is 9.67. The van der Waals surface area contributed by atoms with Crippen molar-refractivity contribution in [3.05, 3.63) is 56.5 Å². The molecule has 0 radical (unpaired) electrons. The molecule has 0 saturated carbocycles. The summed E-state index contributed by atoms with van der Waals surface area (Å²) >= 11 is 6.91. The van der Waals surface area contributed by atoms with E-state index in [1.54, 1.807) is 6.07 Å². The van der Waals surface area contributed by atoms with Crippen molar-refractivity contribution in [3.63, 3.8) is 0 Å². The van der Waals surface area contributed by atoms with E-state index in [0.717, 1.165) is 25.9 Å². The normalized spacial score (nSPS) is 9.89. The molecule has 0 aliphatic rings. The first-order valence-corrected chi connectivity index (χ1v) is 6.92. The van der Waals surface area contributed by atoms with E-state index in [4.69, 9.17) is 5.26 Å². The summed E-state index contributed by atoms with van der Waals surface area (Å²) in [4.78, 5) is 0. The average Bonchev–Trinajstić information content (AvgIpc) is 2.35. The molecule has 0 aromatic heterocycles. The van der Waals surface area contributed by atoms with E-state index in [-0.39, 0.29) is 0 Å². The van der Waals surface area contributed by atoms with Gasteiger partial charge >= 0.3 is 0 Å². The SMILES string of the molecule is Cc1c(Br)cccc1Nc1cc(Br)ccc1C#N. The number of benzene rings is 2. The van der Waals surface area contributed by atoms with Crippen molar-refractivity contribution >= 4 is 43.2 Å². The van der Waals surface area contributed by atoms with Gasteiger partial charge in [0, 0.05) is 14.6 Å². The Balaban J connectivity index is 2.43. The first-order valence-electron chi connectivity index (χ1n) is 5.33. The number of rotatable bonds is 2. The fraction of sp³-hybridized carbons (Fsp3) is 0.0714.